The molecule has 32 heavy (non-hydrogen) atoms. The van der Waals surface area contributed by atoms with Crippen LogP contribution in [-0.4, -0.2) is 45.0 Å². The highest BCUT2D eigenvalue weighted by Crippen LogP contribution is 2.42. The third-order valence-corrected chi connectivity index (χ3v) is 7.25. The second kappa shape index (κ2) is 6.86. The topological polar surface area (TPSA) is 74.8 Å². The Morgan fingerprint density at radius 2 is 1.47 bits per heavy atom. The van der Waals surface area contributed by atoms with Gasteiger partial charge in [-0.15, -0.1) is 0 Å². The van der Waals surface area contributed by atoms with Crippen LogP contribution in [0.2, 0.25) is 0 Å². The predicted octanol–water partition coefficient (Wildman–Crippen LogP) is 3.96. The average molecular weight is 431 g/mol. The number of allylic oxidation sites excluding steroid dienone is 1. The lowest BCUT2D eigenvalue weighted by atomic mass is 9.76. The van der Waals surface area contributed by atoms with Crippen molar-refractivity contribution in [2.45, 2.75) is 58.5 Å². The van der Waals surface area contributed by atoms with Crippen LogP contribution in [0.1, 0.15) is 72.4 Å². The first-order valence-corrected chi connectivity index (χ1v) is 11.1. The number of nitrogens with zero attached hydrogens (tertiary/aromatic N) is 2. The van der Waals surface area contributed by atoms with Crippen molar-refractivity contribution in [3.63, 3.8) is 0 Å². The zero-order valence-electron chi connectivity index (χ0n) is 18.8. The van der Waals surface area contributed by atoms with E-state index in [4.69, 9.17) is 0 Å². The highest BCUT2D eigenvalue weighted by atomic mass is 16.2. The molecule has 3 aliphatic rings. The van der Waals surface area contributed by atoms with E-state index in [9.17, 15) is 19.2 Å². The Morgan fingerprint density at radius 1 is 0.875 bits per heavy atom. The summed E-state index contributed by atoms with van der Waals surface area (Å²) in [6.07, 6.45) is 5.13. The lowest BCUT2D eigenvalue weighted by Gasteiger charge is -2.46. The number of piperidine rings is 1. The van der Waals surface area contributed by atoms with Gasteiger partial charge in [-0.2, -0.15) is 0 Å². The SMILES string of the molecule is CC(C)N1C(=O)CC(C(C)(C)N2C(=O)c3ccc4c5c(ccc(c35)C2=O)CC=C4)CC1=O. The van der Waals surface area contributed by atoms with E-state index in [2.05, 4.69) is 6.08 Å². The second-order valence-electron chi connectivity index (χ2n) is 9.79. The van der Waals surface area contributed by atoms with Crippen LogP contribution in [-0.2, 0) is 16.0 Å². The molecule has 0 N–H and O–H groups in total. The summed E-state index contributed by atoms with van der Waals surface area (Å²) in [5.74, 6) is -1.68. The van der Waals surface area contributed by atoms with Gasteiger partial charge < -0.3 is 0 Å². The van der Waals surface area contributed by atoms with E-state index in [1.54, 1.807) is 26.0 Å². The normalized spacial score (nSPS) is 19.0. The molecule has 0 unspecified atom stereocenters. The number of carbonyl (C=O) groups excluding carboxylic acids is 4. The lowest BCUT2D eigenvalue weighted by molar-refractivity contribution is -0.154. The third-order valence-electron chi connectivity index (χ3n) is 7.25. The van der Waals surface area contributed by atoms with Crippen LogP contribution in [0.25, 0.3) is 16.8 Å². The molecule has 2 aliphatic heterocycles. The van der Waals surface area contributed by atoms with Crippen molar-refractivity contribution in [1.29, 1.82) is 0 Å². The Bertz CT molecular complexity index is 1210. The van der Waals surface area contributed by atoms with Crippen molar-refractivity contribution >= 4 is 40.5 Å². The molecule has 1 fully saturated rings. The van der Waals surface area contributed by atoms with Crippen molar-refractivity contribution in [2.24, 2.45) is 5.92 Å². The average Bonchev–Trinajstić information content (AvgIpc) is 2.72. The minimum absolute atomic E-state index is 0.124. The predicted molar refractivity (Wildman–Crippen MR) is 121 cm³/mol. The van der Waals surface area contributed by atoms with Crippen molar-refractivity contribution in [1.82, 2.24) is 9.80 Å². The van der Waals surface area contributed by atoms with Crippen molar-refractivity contribution < 1.29 is 19.2 Å². The number of imide groups is 2. The van der Waals surface area contributed by atoms with Crippen LogP contribution in [0.3, 0.4) is 0 Å². The molecule has 4 amide bonds. The molecule has 0 aromatic heterocycles. The number of likely N-dealkylation sites (tertiary alicyclic amines) is 1. The molecule has 5 rings (SSSR count). The Hall–Kier alpha value is -3.28. The van der Waals surface area contributed by atoms with E-state index >= 15 is 0 Å². The maximum absolute atomic E-state index is 13.7. The van der Waals surface area contributed by atoms with E-state index in [1.807, 2.05) is 32.1 Å². The smallest absolute Gasteiger partial charge is 0.261 e. The molecule has 0 spiro atoms. The number of hydrogen-bond donors (Lipinski definition) is 0. The molecule has 0 bridgehead atoms. The number of hydrogen-bond acceptors (Lipinski definition) is 4. The summed E-state index contributed by atoms with van der Waals surface area (Å²) in [5, 5.41) is 1.69. The lowest BCUT2D eigenvalue weighted by Crippen LogP contribution is -2.60. The molecule has 0 radical (unpaired) electrons. The van der Waals surface area contributed by atoms with Gasteiger partial charge in [0.2, 0.25) is 11.8 Å². The van der Waals surface area contributed by atoms with E-state index in [0.717, 1.165) is 22.9 Å². The maximum Gasteiger partial charge on any atom is 0.261 e. The molecule has 2 heterocycles. The van der Waals surface area contributed by atoms with Crippen LogP contribution in [0.5, 0.6) is 0 Å². The first-order valence-electron chi connectivity index (χ1n) is 11.1. The second-order valence-corrected chi connectivity index (χ2v) is 9.79. The summed E-state index contributed by atoms with van der Waals surface area (Å²) < 4.78 is 0. The molecule has 6 nitrogen and oxygen atoms in total. The van der Waals surface area contributed by atoms with Gasteiger partial charge in [0.15, 0.2) is 0 Å². The summed E-state index contributed by atoms with van der Waals surface area (Å²) in [6, 6.07) is 7.27. The van der Waals surface area contributed by atoms with E-state index in [-0.39, 0.29) is 42.5 Å². The minimum atomic E-state index is -0.999. The fraction of sp³-hybridized carbons (Fsp3) is 0.385. The Balaban J connectivity index is 1.58. The first kappa shape index (κ1) is 20.6. The Morgan fingerprint density at radius 3 is 2.06 bits per heavy atom. The van der Waals surface area contributed by atoms with Gasteiger partial charge in [-0.1, -0.05) is 24.3 Å². The third kappa shape index (κ3) is 2.71. The van der Waals surface area contributed by atoms with Crippen LogP contribution < -0.4 is 0 Å². The van der Waals surface area contributed by atoms with Gasteiger partial charge in [0.05, 0.1) is 0 Å². The van der Waals surface area contributed by atoms with Gasteiger partial charge in [-0.3, -0.25) is 29.0 Å². The minimum Gasteiger partial charge on any atom is -0.280 e. The fourth-order valence-electron chi connectivity index (χ4n) is 5.52. The van der Waals surface area contributed by atoms with Crippen LogP contribution in [0.4, 0.5) is 0 Å². The molecular weight excluding hydrogens is 404 g/mol. The summed E-state index contributed by atoms with van der Waals surface area (Å²) >= 11 is 0. The quantitative estimate of drug-likeness (QED) is 0.691. The monoisotopic (exact) mass is 430 g/mol. The summed E-state index contributed by atoms with van der Waals surface area (Å²) in [5.41, 5.74) is 2.12. The number of amides is 4. The standard InChI is InChI=1S/C26H26N2O4/c1-14(2)27-20(29)12-17(13-21(27)30)26(3,4)28-24(31)18-10-8-15-6-5-7-16-9-11-19(25(28)32)23(18)22(15)16/h5-6,8-11,14,17H,7,12-13H2,1-4H3. The highest BCUT2D eigenvalue weighted by molar-refractivity contribution is 6.27. The van der Waals surface area contributed by atoms with Gasteiger partial charge in [-0.25, -0.2) is 0 Å². The molecule has 2 aromatic rings. The van der Waals surface area contributed by atoms with E-state index in [0.29, 0.717) is 16.5 Å². The van der Waals surface area contributed by atoms with Crippen LogP contribution >= 0.6 is 0 Å². The van der Waals surface area contributed by atoms with Crippen molar-refractivity contribution in [3.05, 3.63) is 52.6 Å². The zero-order valence-corrected chi connectivity index (χ0v) is 18.8. The van der Waals surface area contributed by atoms with E-state index in [1.165, 1.54) is 9.80 Å². The molecule has 164 valence electrons. The van der Waals surface area contributed by atoms with Crippen molar-refractivity contribution in [2.75, 3.05) is 0 Å². The first-order chi connectivity index (χ1) is 15.1. The Kier molecular flexibility index (Phi) is 4.42. The molecule has 1 saturated heterocycles. The highest BCUT2D eigenvalue weighted by Gasteiger charge is 2.49. The zero-order chi connectivity index (χ0) is 22.9. The van der Waals surface area contributed by atoms with Crippen molar-refractivity contribution in [3.8, 4) is 0 Å². The number of carbonyl (C=O) groups is 4. The molecular formula is C26H26N2O4. The van der Waals surface area contributed by atoms with E-state index < -0.39 is 11.5 Å². The van der Waals surface area contributed by atoms with Gasteiger partial charge in [-0.05, 0) is 68.7 Å². The summed E-state index contributed by atoms with van der Waals surface area (Å²) in [7, 11) is 0. The van der Waals surface area contributed by atoms with Crippen LogP contribution in [0.15, 0.2) is 30.3 Å². The largest absolute Gasteiger partial charge is 0.280 e. The Labute approximate surface area is 186 Å². The van der Waals surface area contributed by atoms with Gasteiger partial charge in [0.1, 0.15) is 0 Å². The number of rotatable bonds is 3. The summed E-state index contributed by atoms with van der Waals surface area (Å²) in [6.45, 7) is 7.19. The maximum atomic E-state index is 13.7. The molecule has 2 aromatic carbocycles. The van der Waals surface area contributed by atoms with Gasteiger partial charge >= 0.3 is 0 Å². The van der Waals surface area contributed by atoms with Gasteiger partial charge in [0, 0.05) is 40.9 Å². The number of benzene rings is 2. The molecule has 1 aliphatic carbocycles. The summed E-state index contributed by atoms with van der Waals surface area (Å²) in [4.78, 5) is 55.4. The molecule has 0 saturated carbocycles. The molecule has 6 heteroatoms. The van der Waals surface area contributed by atoms with Crippen LogP contribution in [0, 0.1) is 5.92 Å². The van der Waals surface area contributed by atoms with Gasteiger partial charge in [0.25, 0.3) is 11.8 Å². The molecule has 0 atom stereocenters. The fourth-order valence-corrected chi connectivity index (χ4v) is 5.52.